The van der Waals surface area contributed by atoms with Crippen LogP contribution >= 0.6 is 0 Å². The van der Waals surface area contributed by atoms with E-state index in [4.69, 9.17) is 0 Å². The first-order valence-corrected chi connectivity index (χ1v) is 5.47. The van der Waals surface area contributed by atoms with Gasteiger partial charge in [-0.3, -0.25) is 0 Å². The molecule has 0 rings (SSSR count). The van der Waals surface area contributed by atoms with Gasteiger partial charge in [-0.2, -0.15) is 0 Å². The third-order valence-electron chi connectivity index (χ3n) is 1.67. The number of hydrogen-bond donors (Lipinski definition) is 1. The van der Waals surface area contributed by atoms with Crippen LogP contribution in [0.3, 0.4) is 0 Å². The number of hydroxylamine groups is 1. The molecule has 6 nitrogen and oxygen atoms in total. The number of ether oxygens (including phenoxy) is 2. The van der Waals surface area contributed by atoms with Crippen LogP contribution in [0.15, 0.2) is 0 Å². The van der Waals surface area contributed by atoms with Gasteiger partial charge in [0.2, 0.25) is 0 Å². The molecule has 94 valence electrons. The number of amides is 1. The Balaban J connectivity index is 3.40. The molecule has 0 saturated carbocycles. The summed E-state index contributed by atoms with van der Waals surface area (Å²) in [5, 5.41) is 0. The van der Waals surface area contributed by atoms with Gasteiger partial charge in [-0.15, -0.1) is 5.48 Å². The number of rotatable bonds is 6. The Labute approximate surface area is 95.2 Å². The van der Waals surface area contributed by atoms with Gasteiger partial charge in [0, 0.05) is 0 Å². The molecule has 0 aromatic heterocycles. The topological polar surface area (TPSA) is 73.9 Å². The molecular formula is C10H19NO5. The summed E-state index contributed by atoms with van der Waals surface area (Å²) < 4.78 is 9.30. The standard InChI is InChI=1S/C10H19NO5/c1-3-5-7-14-9(12)11-16-10(13)15-8-6-4-2/h3-8H2,1-2H3,(H,11,12). The quantitative estimate of drug-likeness (QED) is 0.433. The van der Waals surface area contributed by atoms with E-state index >= 15 is 0 Å². The van der Waals surface area contributed by atoms with E-state index in [9.17, 15) is 9.59 Å². The second-order valence-corrected chi connectivity index (χ2v) is 3.15. The maximum absolute atomic E-state index is 10.9. The largest absolute Gasteiger partial charge is 0.533 e. The van der Waals surface area contributed by atoms with Gasteiger partial charge < -0.3 is 14.3 Å². The van der Waals surface area contributed by atoms with Crippen molar-refractivity contribution < 1.29 is 23.9 Å². The van der Waals surface area contributed by atoms with E-state index in [-0.39, 0.29) is 6.61 Å². The van der Waals surface area contributed by atoms with E-state index in [1.807, 2.05) is 19.3 Å². The van der Waals surface area contributed by atoms with Crippen LogP contribution in [0.2, 0.25) is 0 Å². The van der Waals surface area contributed by atoms with Crippen molar-refractivity contribution in [1.82, 2.24) is 5.48 Å². The Hall–Kier alpha value is -1.46. The first kappa shape index (κ1) is 14.5. The lowest BCUT2D eigenvalue weighted by Crippen LogP contribution is -2.28. The predicted octanol–water partition coefficient (Wildman–Crippen LogP) is 2.38. The lowest BCUT2D eigenvalue weighted by molar-refractivity contribution is 0.0114. The number of unbranched alkanes of at least 4 members (excludes halogenated alkanes) is 2. The van der Waals surface area contributed by atoms with Crippen LogP contribution in [0.25, 0.3) is 0 Å². The van der Waals surface area contributed by atoms with Gasteiger partial charge in [-0.25, -0.2) is 9.59 Å². The Morgan fingerprint density at radius 1 is 1.00 bits per heavy atom. The molecule has 6 heteroatoms. The molecule has 0 atom stereocenters. The molecule has 0 radical (unpaired) electrons. The fraction of sp³-hybridized carbons (Fsp3) is 0.800. The summed E-state index contributed by atoms with van der Waals surface area (Å²) in [5.74, 6) is 0. The zero-order valence-corrected chi connectivity index (χ0v) is 9.78. The molecule has 0 aliphatic heterocycles. The first-order valence-electron chi connectivity index (χ1n) is 5.47. The zero-order valence-electron chi connectivity index (χ0n) is 9.78. The van der Waals surface area contributed by atoms with Crippen molar-refractivity contribution in [3.8, 4) is 0 Å². The summed E-state index contributed by atoms with van der Waals surface area (Å²) in [7, 11) is 0. The number of hydrogen-bond acceptors (Lipinski definition) is 5. The van der Waals surface area contributed by atoms with Gasteiger partial charge in [0.1, 0.15) is 0 Å². The summed E-state index contributed by atoms with van der Waals surface area (Å²) in [5.41, 5.74) is 1.83. The first-order chi connectivity index (χ1) is 7.70. The molecule has 1 N–H and O–H groups in total. The molecule has 0 saturated heterocycles. The highest BCUT2D eigenvalue weighted by molar-refractivity contribution is 5.69. The van der Waals surface area contributed by atoms with Crippen molar-refractivity contribution in [2.45, 2.75) is 39.5 Å². The molecule has 0 aromatic carbocycles. The van der Waals surface area contributed by atoms with Gasteiger partial charge in [-0.05, 0) is 12.8 Å². The normalized spacial score (nSPS) is 9.38. The van der Waals surface area contributed by atoms with Gasteiger partial charge in [0.05, 0.1) is 13.2 Å². The minimum absolute atomic E-state index is 0.280. The Kier molecular flexibility index (Phi) is 9.15. The Morgan fingerprint density at radius 3 is 2.12 bits per heavy atom. The summed E-state index contributed by atoms with van der Waals surface area (Å²) in [6, 6.07) is 0. The third kappa shape index (κ3) is 9.11. The molecule has 0 bridgehead atoms. The average molecular weight is 233 g/mol. The SMILES string of the molecule is CCCCOC(=O)NOC(=O)OCCCC. The maximum Gasteiger partial charge on any atom is 0.533 e. The molecule has 0 spiro atoms. The van der Waals surface area contributed by atoms with Crippen LogP contribution in [0.5, 0.6) is 0 Å². The van der Waals surface area contributed by atoms with Gasteiger partial charge in [0.15, 0.2) is 0 Å². The van der Waals surface area contributed by atoms with E-state index in [0.29, 0.717) is 6.61 Å². The number of carbonyl (C=O) groups is 2. The summed E-state index contributed by atoms with van der Waals surface area (Å²) in [6.07, 6.45) is 1.65. The molecule has 0 aliphatic rings. The van der Waals surface area contributed by atoms with Gasteiger partial charge in [-0.1, -0.05) is 26.7 Å². The van der Waals surface area contributed by atoms with Crippen molar-refractivity contribution in [2.24, 2.45) is 0 Å². The van der Waals surface area contributed by atoms with Crippen LogP contribution in [-0.4, -0.2) is 25.5 Å². The van der Waals surface area contributed by atoms with Crippen LogP contribution in [0.4, 0.5) is 9.59 Å². The van der Waals surface area contributed by atoms with E-state index in [1.54, 1.807) is 0 Å². The van der Waals surface area contributed by atoms with Gasteiger partial charge in [0.25, 0.3) is 0 Å². The van der Waals surface area contributed by atoms with Crippen molar-refractivity contribution in [1.29, 1.82) is 0 Å². The third-order valence-corrected chi connectivity index (χ3v) is 1.67. The maximum atomic E-state index is 10.9. The second kappa shape index (κ2) is 10.1. The van der Waals surface area contributed by atoms with Crippen LogP contribution < -0.4 is 5.48 Å². The monoisotopic (exact) mass is 233 g/mol. The number of carbonyl (C=O) groups excluding carboxylic acids is 2. The van der Waals surface area contributed by atoms with E-state index in [0.717, 1.165) is 25.7 Å². The molecule has 0 aromatic rings. The summed E-state index contributed by atoms with van der Waals surface area (Å²) in [4.78, 5) is 26.0. The minimum atomic E-state index is -0.930. The van der Waals surface area contributed by atoms with E-state index in [1.165, 1.54) is 0 Å². The Morgan fingerprint density at radius 2 is 1.56 bits per heavy atom. The molecular weight excluding hydrogens is 214 g/mol. The fourth-order valence-corrected chi connectivity index (χ4v) is 0.751. The minimum Gasteiger partial charge on any atom is -0.447 e. The molecule has 16 heavy (non-hydrogen) atoms. The Bertz CT molecular complexity index is 185. The zero-order chi connectivity index (χ0) is 12.2. The van der Waals surface area contributed by atoms with Crippen molar-refractivity contribution in [3.05, 3.63) is 0 Å². The second-order valence-electron chi connectivity index (χ2n) is 3.15. The molecule has 0 fully saturated rings. The summed E-state index contributed by atoms with van der Waals surface area (Å²) in [6.45, 7) is 4.53. The van der Waals surface area contributed by atoms with Crippen molar-refractivity contribution in [3.63, 3.8) is 0 Å². The lowest BCUT2D eigenvalue weighted by atomic mass is 10.4. The molecule has 0 aliphatic carbocycles. The highest BCUT2D eigenvalue weighted by Crippen LogP contribution is 1.91. The average Bonchev–Trinajstić information content (AvgIpc) is 2.27. The lowest BCUT2D eigenvalue weighted by Gasteiger charge is -2.06. The predicted molar refractivity (Wildman–Crippen MR) is 56.7 cm³/mol. The van der Waals surface area contributed by atoms with E-state index in [2.05, 4.69) is 14.3 Å². The number of nitrogens with one attached hydrogen (secondary N) is 1. The fourth-order valence-electron chi connectivity index (χ4n) is 0.751. The highest BCUT2D eigenvalue weighted by atomic mass is 16.8. The summed E-state index contributed by atoms with van der Waals surface area (Å²) >= 11 is 0. The molecule has 1 amide bonds. The molecule has 0 unspecified atom stereocenters. The smallest absolute Gasteiger partial charge is 0.447 e. The van der Waals surface area contributed by atoms with Crippen molar-refractivity contribution in [2.75, 3.05) is 13.2 Å². The van der Waals surface area contributed by atoms with E-state index < -0.39 is 12.2 Å². The van der Waals surface area contributed by atoms with Crippen molar-refractivity contribution >= 4 is 12.2 Å². The van der Waals surface area contributed by atoms with Crippen LogP contribution in [0, 0.1) is 0 Å². The van der Waals surface area contributed by atoms with Crippen LogP contribution in [-0.2, 0) is 14.3 Å². The van der Waals surface area contributed by atoms with Crippen LogP contribution in [0.1, 0.15) is 39.5 Å². The van der Waals surface area contributed by atoms with Gasteiger partial charge >= 0.3 is 12.2 Å². The highest BCUT2D eigenvalue weighted by Gasteiger charge is 2.07. The molecule has 0 heterocycles.